The molecule has 5 nitrogen and oxygen atoms in total. The molecule has 3 unspecified atom stereocenters. The highest BCUT2D eigenvalue weighted by molar-refractivity contribution is 6.22. The van der Waals surface area contributed by atoms with Crippen molar-refractivity contribution in [1.29, 1.82) is 0 Å². The van der Waals surface area contributed by atoms with Gasteiger partial charge < -0.3 is 15.7 Å². The predicted octanol–water partition coefficient (Wildman–Crippen LogP) is 5.25. The number of nitrogens with zero attached hydrogens (tertiary/aromatic N) is 1. The first-order chi connectivity index (χ1) is 14.6. The maximum atomic E-state index is 13.7. The van der Waals surface area contributed by atoms with Gasteiger partial charge >= 0.3 is 0 Å². The molecule has 0 amide bonds. The summed E-state index contributed by atoms with van der Waals surface area (Å²) < 4.78 is 11.6. The van der Waals surface area contributed by atoms with E-state index in [0.717, 1.165) is 17.6 Å². The van der Waals surface area contributed by atoms with E-state index in [1.54, 1.807) is 6.08 Å². The molecule has 1 aromatic heterocycles. The molecular weight excluding hydrogens is 378 g/mol. The van der Waals surface area contributed by atoms with Crippen molar-refractivity contribution in [2.75, 3.05) is 0 Å². The summed E-state index contributed by atoms with van der Waals surface area (Å²) in [5.41, 5.74) is 1.00. The summed E-state index contributed by atoms with van der Waals surface area (Å²) in [6.45, 7) is 8.17. The lowest BCUT2D eigenvalue weighted by Gasteiger charge is -2.46. The Labute approximate surface area is 176 Å². The van der Waals surface area contributed by atoms with Crippen LogP contribution in [-0.2, 0) is 11.4 Å². The zero-order valence-electron chi connectivity index (χ0n) is 17.4. The summed E-state index contributed by atoms with van der Waals surface area (Å²) in [4.78, 5) is 27.0. The summed E-state index contributed by atoms with van der Waals surface area (Å²) >= 11 is 0. The van der Waals surface area contributed by atoms with Crippen LogP contribution in [0.2, 0.25) is 0 Å². The topological polar surface area (TPSA) is 69.4 Å². The van der Waals surface area contributed by atoms with Crippen molar-refractivity contribution in [3.63, 3.8) is 0 Å². The van der Waals surface area contributed by atoms with Gasteiger partial charge in [-0.1, -0.05) is 48.9 Å². The Morgan fingerprint density at radius 1 is 1.33 bits per heavy atom. The molecule has 0 spiro atoms. The van der Waals surface area contributed by atoms with Crippen molar-refractivity contribution in [3.8, 4) is 5.88 Å². The fourth-order valence-electron chi connectivity index (χ4n) is 4.81. The van der Waals surface area contributed by atoms with E-state index in [0.29, 0.717) is 18.6 Å². The first-order valence-corrected chi connectivity index (χ1v) is 10.4. The van der Waals surface area contributed by atoms with Gasteiger partial charge in [0, 0.05) is 0 Å². The molecule has 5 heteroatoms. The van der Waals surface area contributed by atoms with E-state index < -0.39 is 5.41 Å². The van der Waals surface area contributed by atoms with Crippen LogP contribution in [0.4, 0.5) is 0 Å². The highest BCUT2D eigenvalue weighted by Gasteiger charge is 2.59. The van der Waals surface area contributed by atoms with Crippen LogP contribution in [0.1, 0.15) is 60.7 Å². The first kappa shape index (κ1) is 20.3. The minimum Gasteiger partial charge on any atom is -0.470 e. The quantitative estimate of drug-likeness (QED) is 0.358. The molecule has 2 aliphatic rings. The first-order valence-electron chi connectivity index (χ1n) is 10.4. The van der Waals surface area contributed by atoms with Crippen LogP contribution < -0.4 is 4.74 Å². The zero-order chi connectivity index (χ0) is 21.3. The van der Waals surface area contributed by atoms with Gasteiger partial charge in [0.2, 0.25) is 0 Å². The third kappa shape index (κ3) is 3.04. The van der Waals surface area contributed by atoms with Crippen LogP contribution in [0.5, 0.6) is 5.88 Å². The Bertz CT molecular complexity index is 1000. The van der Waals surface area contributed by atoms with Gasteiger partial charge in [0.25, 0.3) is 5.88 Å². The minimum atomic E-state index is -1.30. The van der Waals surface area contributed by atoms with Gasteiger partial charge in [0.15, 0.2) is 17.3 Å². The molecule has 0 saturated carbocycles. The zero-order valence-corrected chi connectivity index (χ0v) is 17.4. The lowest BCUT2D eigenvalue weighted by atomic mass is 9.54. The summed E-state index contributed by atoms with van der Waals surface area (Å²) in [5.74, 6) is -0.204. The van der Waals surface area contributed by atoms with E-state index in [1.807, 2.05) is 50.6 Å². The summed E-state index contributed by atoms with van der Waals surface area (Å²) in [5, 5.41) is 4.09. The van der Waals surface area contributed by atoms with E-state index in [4.69, 9.17) is 9.26 Å². The van der Waals surface area contributed by atoms with Crippen molar-refractivity contribution in [1.82, 2.24) is 5.16 Å². The second kappa shape index (κ2) is 8.05. The number of aromatic nitrogens is 1. The van der Waals surface area contributed by atoms with Gasteiger partial charge in [-0.25, -0.2) is 0 Å². The number of rotatable bonds is 7. The third-order valence-electron chi connectivity index (χ3n) is 6.41. The second-order valence-electron chi connectivity index (χ2n) is 7.98. The fraction of sp³-hybridized carbons (Fsp3) is 0.360. The van der Waals surface area contributed by atoms with Gasteiger partial charge in [0.05, 0.1) is 0 Å². The van der Waals surface area contributed by atoms with E-state index >= 15 is 0 Å². The fourth-order valence-corrected chi connectivity index (χ4v) is 4.81. The average molecular weight is 404 g/mol. The van der Waals surface area contributed by atoms with Crippen molar-refractivity contribution < 1.29 is 18.8 Å². The monoisotopic (exact) mass is 404 g/mol. The molecule has 0 aliphatic heterocycles. The molecule has 156 valence electrons. The van der Waals surface area contributed by atoms with Crippen LogP contribution in [-0.4, -0.2) is 16.7 Å². The summed E-state index contributed by atoms with van der Waals surface area (Å²) in [7, 11) is 0. The molecule has 3 atom stereocenters. The number of ketones is 2. The third-order valence-corrected chi connectivity index (χ3v) is 6.41. The van der Waals surface area contributed by atoms with Crippen LogP contribution in [0, 0.1) is 17.8 Å². The lowest BCUT2D eigenvalue weighted by Crippen LogP contribution is -2.51. The van der Waals surface area contributed by atoms with Crippen LogP contribution in [0.25, 0.3) is 0 Å². The average Bonchev–Trinajstić information content (AvgIpc) is 3.19. The van der Waals surface area contributed by atoms with Gasteiger partial charge in [-0.3, -0.25) is 9.59 Å². The maximum Gasteiger partial charge on any atom is 0.265 e. The van der Waals surface area contributed by atoms with E-state index in [2.05, 4.69) is 11.7 Å². The van der Waals surface area contributed by atoms with Crippen LogP contribution in [0.3, 0.4) is 0 Å². The largest absolute Gasteiger partial charge is 0.470 e. The number of allylic oxidation sites excluding steroid dienone is 3. The highest BCUT2D eigenvalue weighted by atomic mass is 16.5. The lowest BCUT2D eigenvalue weighted by molar-refractivity contribution is -0.123. The highest BCUT2D eigenvalue weighted by Crippen LogP contribution is 2.56. The standard InChI is InChI=1S/C25H26NO4/c1-4-10-18-19-13-16(5-2)14-20(27)25(19,6-3)23(28)21-22(18)30-26-24(21)29-15-17-11-8-7-9-12-17/h4,6-9,11-12,14,18-19H,3,5,10,13,15H2,1-2H3/q-1. The molecule has 0 N–H and O–H groups in total. The molecule has 4 rings (SSSR count). The Morgan fingerprint density at radius 2 is 2.10 bits per heavy atom. The number of hydrogen-bond acceptors (Lipinski definition) is 5. The predicted molar refractivity (Wildman–Crippen MR) is 113 cm³/mol. The molecule has 2 aliphatic carbocycles. The Hall–Kier alpha value is -2.95. The summed E-state index contributed by atoms with van der Waals surface area (Å²) in [6.07, 6.45) is 7.33. The van der Waals surface area contributed by atoms with Gasteiger partial charge in [0.1, 0.15) is 17.6 Å². The number of hydrogen-bond donors (Lipinski definition) is 0. The minimum absolute atomic E-state index is 0.138. The Kier molecular flexibility index (Phi) is 5.46. The molecule has 0 saturated heterocycles. The van der Waals surface area contributed by atoms with Crippen molar-refractivity contribution in [2.24, 2.45) is 11.3 Å². The van der Waals surface area contributed by atoms with Crippen molar-refractivity contribution in [2.45, 2.75) is 45.6 Å². The molecule has 0 radical (unpaired) electrons. The van der Waals surface area contributed by atoms with E-state index in [1.165, 1.54) is 6.08 Å². The molecule has 1 heterocycles. The normalized spacial score (nSPS) is 25.3. The number of benzene rings is 1. The summed E-state index contributed by atoms with van der Waals surface area (Å²) in [6, 6.07) is 9.64. The molecule has 30 heavy (non-hydrogen) atoms. The number of ether oxygens (including phenoxy) is 1. The van der Waals surface area contributed by atoms with Gasteiger partial charge in [-0.2, -0.15) is 13.3 Å². The molecule has 2 aromatic rings. The molecule has 0 bridgehead atoms. The number of Topliss-reactive ketones (excluding diaryl/α,β-unsaturated/α-hetero) is 1. The second-order valence-corrected chi connectivity index (χ2v) is 7.98. The maximum absolute atomic E-state index is 13.7. The smallest absolute Gasteiger partial charge is 0.265 e. The number of carbonyl (C=O) groups excluding carboxylic acids is 2. The Balaban J connectivity index is 1.78. The number of fused-ring (bicyclic) bond motifs is 2. The van der Waals surface area contributed by atoms with E-state index in [9.17, 15) is 9.59 Å². The van der Waals surface area contributed by atoms with Crippen LogP contribution >= 0.6 is 0 Å². The Morgan fingerprint density at radius 3 is 2.77 bits per heavy atom. The van der Waals surface area contributed by atoms with Crippen molar-refractivity contribution in [3.05, 3.63) is 77.9 Å². The van der Waals surface area contributed by atoms with Crippen molar-refractivity contribution >= 4 is 11.6 Å². The number of carbonyl (C=O) groups is 2. The SMILES string of the molecule is C=CC12C(=O)C=C(CC)CC1C(C[CH-]C)c1onc(OCc3ccccc3)c1C2=O. The molecule has 0 fully saturated rings. The van der Waals surface area contributed by atoms with Gasteiger partial charge in [-0.15, -0.1) is 6.58 Å². The van der Waals surface area contributed by atoms with Gasteiger partial charge in [-0.05, 0) is 41.5 Å². The van der Waals surface area contributed by atoms with E-state index in [-0.39, 0.29) is 41.5 Å². The molecule has 1 aromatic carbocycles. The molecular formula is C25H26NO4-. The van der Waals surface area contributed by atoms with Crippen LogP contribution in [0.15, 0.2) is 59.2 Å².